The van der Waals surface area contributed by atoms with Crippen LogP contribution >= 0.6 is 23.2 Å². The quantitative estimate of drug-likeness (QED) is 0.344. The second-order valence-corrected chi connectivity index (χ2v) is 11.4. The van der Waals surface area contributed by atoms with E-state index in [4.69, 9.17) is 32.7 Å². The van der Waals surface area contributed by atoms with Gasteiger partial charge in [-0.3, -0.25) is 14.4 Å². The first-order chi connectivity index (χ1) is 19.1. The number of nitrogens with one attached hydrogen (secondary N) is 2. The number of anilines is 3. The molecule has 0 spiro atoms. The van der Waals surface area contributed by atoms with E-state index in [-0.39, 0.29) is 29.0 Å². The average Bonchev–Trinajstić information content (AvgIpc) is 3.20. The van der Waals surface area contributed by atoms with Gasteiger partial charge in [-0.2, -0.15) is 0 Å². The molecule has 2 aliphatic heterocycles. The van der Waals surface area contributed by atoms with Crippen LogP contribution in [-0.4, -0.2) is 43.1 Å². The van der Waals surface area contributed by atoms with Gasteiger partial charge in [0.15, 0.2) is 6.29 Å². The summed E-state index contributed by atoms with van der Waals surface area (Å²) in [5.41, 5.74) is 3.78. The maximum atomic E-state index is 13.9. The summed E-state index contributed by atoms with van der Waals surface area (Å²) >= 11 is 11.5. The predicted molar refractivity (Wildman–Crippen MR) is 155 cm³/mol. The topological polar surface area (TPSA) is 97.0 Å². The molecule has 2 heterocycles. The van der Waals surface area contributed by atoms with Crippen LogP contribution in [0, 0.1) is 5.41 Å². The number of carbonyl (C=O) groups excluding carboxylic acids is 3. The van der Waals surface area contributed by atoms with Crippen LogP contribution in [0.2, 0.25) is 5.02 Å². The van der Waals surface area contributed by atoms with Crippen LogP contribution in [-0.2, 0) is 25.6 Å². The van der Waals surface area contributed by atoms with Crippen molar-refractivity contribution in [2.45, 2.75) is 32.6 Å². The fourth-order valence-corrected chi connectivity index (χ4v) is 4.94. The van der Waals surface area contributed by atoms with Gasteiger partial charge in [0.05, 0.1) is 19.8 Å². The number of ether oxygens (including phenoxy) is 2. The third-order valence-corrected chi connectivity index (χ3v) is 7.29. The van der Waals surface area contributed by atoms with Gasteiger partial charge < -0.3 is 25.0 Å². The maximum Gasteiger partial charge on any atom is 0.255 e. The molecule has 0 aliphatic carbocycles. The molecule has 1 fully saturated rings. The third kappa shape index (κ3) is 6.15. The first-order valence-electron chi connectivity index (χ1n) is 12.8. The van der Waals surface area contributed by atoms with E-state index in [0.717, 1.165) is 16.8 Å². The summed E-state index contributed by atoms with van der Waals surface area (Å²) in [6.45, 7) is 5.31. The van der Waals surface area contributed by atoms with E-state index in [0.29, 0.717) is 41.7 Å². The molecule has 1 atom stereocenters. The molecule has 2 aliphatic rings. The van der Waals surface area contributed by atoms with E-state index >= 15 is 0 Å². The Balaban J connectivity index is 1.41. The van der Waals surface area contributed by atoms with Gasteiger partial charge in [-0.1, -0.05) is 37.6 Å². The Bertz CT molecular complexity index is 1420. The lowest BCUT2D eigenvalue weighted by Crippen LogP contribution is -2.43. The van der Waals surface area contributed by atoms with Gasteiger partial charge in [0.25, 0.3) is 5.91 Å². The van der Waals surface area contributed by atoms with Crippen molar-refractivity contribution >= 4 is 58.0 Å². The van der Waals surface area contributed by atoms with E-state index in [1.807, 2.05) is 38.1 Å². The zero-order valence-corrected chi connectivity index (χ0v) is 23.6. The number of amides is 3. The van der Waals surface area contributed by atoms with Crippen molar-refractivity contribution in [2.75, 3.05) is 34.6 Å². The van der Waals surface area contributed by atoms with E-state index in [9.17, 15) is 14.4 Å². The molecule has 0 radical (unpaired) electrons. The van der Waals surface area contributed by atoms with Gasteiger partial charge in [0, 0.05) is 33.1 Å². The van der Waals surface area contributed by atoms with Crippen LogP contribution in [0.25, 0.3) is 0 Å². The van der Waals surface area contributed by atoms with Crippen molar-refractivity contribution in [2.24, 2.45) is 5.41 Å². The summed E-state index contributed by atoms with van der Waals surface area (Å²) in [5.74, 6) is -1.56. The molecular weight excluding hydrogens is 553 g/mol. The number of carbonyl (C=O) groups is 3. The lowest BCUT2D eigenvalue weighted by molar-refractivity contribution is -0.229. The first-order valence-corrected chi connectivity index (χ1v) is 13.7. The molecular formula is C30H29Cl2N3O5. The van der Waals surface area contributed by atoms with Crippen molar-refractivity contribution in [3.8, 4) is 0 Å². The SMILES string of the molecule is CC1(C)COC(C2C(=O)N(Cc3ccc(NC(=O)CCl)cc3)c3ccc(NC(=O)c4ccc(Cl)cc4)cc32)OC1. The Hall–Kier alpha value is -3.43. The van der Waals surface area contributed by atoms with Gasteiger partial charge in [0.1, 0.15) is 11.8 Å². The second kappa shape index (κ2) is 11.6. The molecule has 3 amide bonds. The highest BCUT2D eigenvalue weighted by Crippen LogP contribution is 2.44. The summed E-state index contributed by atoms with van der Waals surface area (Å²) in [7, 11) is 0. The molecule has 40 heavy (non-hydrogen) atoms. The van der Waals surface area contributed by atoms with Crippen molar-refractivity contribution in [1.29, 1.82) is 0 Å². The number of fused-ring (bicyclic) bond motifs is 1. The predicted octanol–water partition coefficient (Wildman–Crippen LogP) is 5.80. The molecule has 5 rings (SSSR count). The summed E-state index contributed by atoms with van der Waals surface area (Å²) < 4.78 is 12.1. The fourth-order valence-electron chi connectivity index (χ4n) is 4.75. The highest BCUT2D eigenvalue weighted by molar-refractivity contribution is 6.30. The molecule has 0 saturated carbocycles. The van der Waals surface area contributed by atoms with Gasteiger partial charge in [-0.05, 0) is 65.7 Å². The summed E-state index contributed by atoms with van der Waals surface area (Å²) in [6, 6.07) is 19.2. The van der Waals surface area contributed by atoms with Gasteiger partial charge in [0.2, 0.25) is 11.8 Å². The Kier molecular flexibility index (Phi) is 8.14. The van der Waals surface area contributed by atoms with Crippen molar-refractivity contribution in [3.63, 3.8) is 0 Å². The molecule has 2 N–H and O–H groups in total. The van der Waals surface area contributed by atoms with Crippen molar-refractivity contribution in [3.05, 3.63) is 88.4 Å². The summed E-state index contributed by atoms with van der Waals surface area (Å²) in [5, 5.41) is 6.16. The van der Waals surface area contributed by atoms with Crippen LogP contribution in [0.3, 0.4) is 0 Å². The van der Waals surface area contributed by atoms with E-state index < -0.39 is 12.2 Å². The van der Waals surface area contributed by atoms with Crippen LogP contribution in [0.15, 0.2) is 66.7 Å². The van der Waals surface area contributed by atoms with Crippen molar-refractivity contribution in [1.82, 2.24) is 0 Å². The highest BCUT2D eigenvalue weighted by Gasteiger charge is 2.45. The molecule has 3 aromatic rings. The molecule has 10 heteroatoms. The zero-order valence-electron chi connectivity index (χ0n) is 22.1. The number of benzene rings is 3. The summed E-state index contributed by atoms with van der Waals surface area (Å²) in [6.07, 6.45) is -0.750. The molecule has 208 valence electrons. The molecule has 8 nitrogen and oxygen atoms in total. The largest absolute Gasteiger partial charge is 0.351 e. The molecule has 1 unspecified atom stereocenters. The van der Waals surface area contributed by atoms with Crippen LogP contribution in [0.4, 0.5) is 17.1 Å². The lowest BCUT2D eigenvalue weighted by atomic mass is 9.93. The molecule has 1 saturated heterocycles. The van der Waals surface area contributed by atoms with Crippen LogP contribution in [0.5, 0.6) is 0 Å². The Morgan fingerprint density at radius 2 is 1.60 bits per heavy atom. The molecule has 0 bridgehead atoms. The Morgan fingerprint density at radius 3 is 2.25 bits per heavy atom. The fraction of sp³-hybridized carbons (Fsp3) is 0.300. The molecule has 0 aromatic heterocycles. The van der Waals surface area contributed by atoms with E-state index in [1.165, 1.54) is 0 Å². The maximum absolute atomic E-state index is 13.9. The van der Waals surface area contributed by atoms with Gasteiger partial charge >= 0.3 is 0 Å². The smallest absolute Gasteiger partial charge is 0.255 e. The van der Waals surface area contributed by atoms with Crippen molar-refractivity contribution < 1.29 is 23.9 Å². The number of hydrogen-bond donors (Lipinski definition) is 2. The van der Waals surface area contributed by atoms with Gasteiger partial charge in [-0.15, -0.1) is 11.6 Å². The zero-order chi connectivity index (χ0) is 28.4. The average molecular weight is 582 g/mol. The highest BCUT2D eigenvalue weighted by atomic mass is 35.5. The van der Waals surface area contributed by atoms with E-state index in [1.54, 1.807) is 47.4 Å². The minimum absolute atomic E-state index is 0.132. The van der Waals surface area contributed by atoms with Crippen LogP contribution < -0.4 is 15.5 Å². The third-order valence-electron chi connectivity index (χ3n) is 6.80. The monoisotopic (exact) mass is 581 g/mol. The normalized spacial score (nSPS) is 18.4. The second-order valence-electron chi connectivity index (χ2n) is 10.7. The number of hydrogen-bond acceptors (Lipinski definition) is 5. The molecule has 3 aromatic carbocycles. The standard InChI is InChI=1S/C30H29Cl2N3O5/c1-30(2)16-39-29(40-17-30)26-23-13-22(34-27(37)19-5-7-20(32)8-6-19)11-12-24(23)35(28(26)38)15-18-3-9-21(10-4-18)33-25(36)14-31/h3-13,26,29H,14-17H2,1-2H3,(H,33,36)(H,34,37). The number of halogens is 2. The van der Waals surface area contributed by atoms with E-state index in [2.05, 4.69) is 10.6 Å². The number of nitrogens with zero attached hydrogens (tertiary/aromatic N) is 1. The minimum Gasteiger partial charge on any atom is -0.351 e. The Morgan fingerprint density at radius 1 is 0.950 bits per heavy atom. The first kappa shape index (κ1) is 28.1. The number of alkyl halides is 1. The van der Waals surface area contributed by atoms with Gasteiger partial charge in [-0.25, -0.2) is 0 Å². The number of rotatable bonds is 7. The Labute approximate surface area is 242 Å². The van der Waals surface area contributed by atoms with Crippen LogP contribution in [0.1, 0.15) is 41.3 Å². The minimum atomic E-state index is -0.750. The lowest BCUT2D eigenvalue weighted by Gasteiger charge is -2.36. The summed E-state index contributed by atoms with van der Waals surface area (Å²) in [4.78, 5) is 40.0.